The van der Waals surface area contributed by atoms with Crippen LogP contribution in [0.25, 0.3) is 0 Å². The van der Waals surface area contributed by atoms with E-state index in [4.69, 9.17) is 0 Å². The van der Waals surface area contributed by atoms with E-state index in [1.165, 1.54) is 4.90 Å². The second-order valence-electron chi connectivity index (χ2n) is 10.5. The van der Waals surface area contributed by atoms with Crippen molar-refractivity contribution in [3.05, 3.63) is 0 Å². The third kappa shape index (κ3) is 20.1. The maximum atomic E-state index is 13.3. The number of hydrogen-bond donors (Lipinski definition) is 1. The Morgan fingerprint density at radius 3 is 1.00 bits per heavy atom. The summed E-state index contributed by atoms with van der Waals surface area (Å²) < 4.78 is 0. The van der Waals surface area contributed by atoms with E-state index in [1.807, 2.05) is 9.80 Å². The average molecular weight is 526 g/mol. The second kappa shape index (κ2) is 24.7. The lowest BCUT2D eigenvalue weighted by Gasteiger charge is -2.29. The van der Waals surface area contributed by atoms with E-state index >= 15 is 0 Å². The highest BCUT2D eigenvalue weighted by atomic mass is 16.4. The molecule has 218 valence electrons. The summed E-state index contributed by atoms with van der Waals surface area (Å²) in [5.41, 5.74) is 0. The molecule has 0 radical (unpaired) electrons. The number of hydrogen-bond acceptors (Lipinski definition) is 4. The van der Waals surface area contributed by atoms with Crippen LogP contribution in [0.15, 0.2) is 0 Å². The van der Waals surface area contributed by atoms with Gasteiger partial charge in [0.1, 0.15) is 0 Å². The first kappa shape index (κ1) is 35.4. The molecule has 37 heavy (non-hydrogen) atoms. The molecule has 0 saturated carbocycles. The van der Waals surface area contributed by atoms with E-state index in [2.05, 4.69) is 27.7 Å². The van der Waals surface area contributed by atoms with Crippen molar-refractivity contribution in [3.63, 3.8) is 0 Å². The third-order valence-electron chi connectivity index (χ3n) is 6.91. The van der Waals surface area contributed by atoms with Crippen LogP contribution in [-0.2, 0) is 14.4 Å². The molecule has 0 aliphatic rings. The molecule has 0 rings (SSSR count). The predicted molar refractivity (Wildman–Crippen MR) is 154 cm³/mol. The summed E-state index contributed by atoms with van der Waals surface area (Å²) in [6.07, 6.45) is 17.5. The smallest absolute Gasteiger partial charge is 0.317 e. The molecule has 2 amide bonds. The molecule has 0 heterocycles. The zero-order chi connectivity index (χ0) is 27.7. The summed E-state index contributed by atoms with van der Waals surface area (Å²) in [4.78, 5) is 43.5. The Hall–Kier alpha value is -1.63. The number of unbranched alkanes of at least 4 members (excludes halogenated alkanes) is 12. The molecule has 7 nitrogen and oxygen atoms in total. The summed E-state index contributed by atoms with van der Waals surface area (Å²) in [5, 5.41) is 9.50. The molecule has 0 unspecified atom stereocenters. The van der Waals surface area contributed by atoms with Gasteiger partial charge in [0.25, 0.3) is 0 Å². The Morgan fingerprint density at radius 1 is 0.459 bits per heavy atom. The minimum absolute atomic E-state index is 0.0148. The van der Waals surface area contributed by atoms with Crippen LogP contribution in [0.5, 0.6) is 0 Å². The number of aliphatic carboxylic acids is 1. The minimum Gasteiger partial charge on any atom is -0.480 e. The van der Waals surface area contributed by atoms with Gasteiger partial charge in [0.2, 0.25) is 11.8 Å². The first-order valence-electron chi connectivity index (χ1n) is 15.4. The average Bonchev–Trinajstić information content (AvgIpc) is 2.86. The van der Waals surface area contributed by atoms with Gasteiger partial charge in [-0.1, -0.05) is 105 Å². The van der Waals surface area contributed by atoms with Crippen LogP contribution in [0, 0.1) is 0 Å². The van der Waals surface area contributed by atoms with E-state index in [-0.39, 0.29) is 31.4 Å². The summed E-state index contributed by atoms with van der Waals surface area (Å²) in [6, 6.07) is 0. The van der Waals surface area contributed by atoms with Crippen molar-refractivity contribution < 1.29 is 19.5 Å². The van der Waals surface area contributed by atoms with E-state index in [0.29, 0.717) is 26.2 Å². The van der Waals surface area contributed by atoms with Crippen LogP contribution in [0.4, 0.5) is 0 Å². The molecule has 0 saturated heterocycles. The van der Waals surface area contributed by atoms with Crippen molar-refractivity contribution in [1.82, 2.24) is 14.7 Å². The number of amides is 2. The third-order valence-corrected chi connectivity index (χ3v) is 6.91. The fourth-order valence-electron chi connectivity index (χ4n) is 4.58. The number of carboxylic acid groups (broad SMARTS) is 1. The standard InChI is InChI=1S/C30H59N3O4/c1-5-9-13-17-21-32(22-18-14-10-6-2)28(34)25-31(27-30(36)37)26-29(35)33(23-19-15-11-7-3)24-20-16-12-8-4/h5-27H2,1-4H3,(H,36,37). The van der Waals surface area contributed by atoms with Crippen LogP contribution in [0.3, 0.4) is 0 Å². The molecule has 7 heteroatoms. The van der Waals surface area contributed by atoms with Gasteiger partial charge in [-0.15, -0.1) is 0 Å². The van der Waals surface area contributed by atoms with Gasteiger partial charge in [-0.3, -0.25) is 19.3 Å². The quantitative estimate of drug-likeness (QED) is 0.133. The van der Waals surface area contributed by atoms with E-state index < -0.39 is 5.97 Å². The second-order valence-corrected chi connectivity index (χ2v) is 10.5. The number of nitrogens with zero attached hydrogens (tertiary/aromatic N) is 3. The molecular weight excluding hydrogens is 466 g/mol. The Balaban J connectivity index is 5.21. The fourth-order valence-corrected chi connectivity index (χ4v) is 4.58. The van der Waals surface area contributed by atoms with Crippen molar-refractivity contribution in [3.8, 4) is 0 Å². The Kier molecular flexibility index (Phi) is 23.6. The molecule has 0 bridgehead atoms. The largest absolute Gasteiger partial charge is 0.480 e. The van der Waals surface area contributed by atoms with Gasteiger partial charge in [-0.05, 0) is 25.7 Å². The van der Waals surface area contributed by atoms with Gasteiger partial charge >= 0.3 is 5.97 Å². The van der Waals surface area contributed by atoms with Crippen molar-refractivity contribution in [2.45, 2.75) is 130 Å². The number of carbonyl (C=O) groups is 3. The molecule has 0 spiro atoms. The summed E-state index contributed by atoms with van der Waals surface area (Å²) in [7, 11) is 0. The number of carboxylic acids is 1. The lowest BCUT2D eigenvalue weighted by Crippen LogP contribution is -2.47. The molecule has 0 aliphatic heterocycles. The normalized spacial score (nSPS) is 11.2. The molecule has 0 aliphatic carbocycles. The number of carbonyl (C=O) groups excluding carboxylic acids is 2. The monoisotopic (exact) mass is 525 g/mol. The van der Waals surface area contributed by atoms with Crippen molar-refractivity contribution in [1.29, 1.82) is 0 Å². The maximum Gasteiger partial charge on any atom is 0.317 e. The lowest BCUT2D eigenvalue weighted by atomic mass is 10.1. The van der Waals surface area contributed by atoms with Crippen LogP contribution >= 0.6 is 0 Å². The van der Waals surface area contributed by atoms with Crippen LogP contribution < -0.4 is 0 Å². The maximum absolute atomic E-state index is 13.3. The predicted octanol–water partition coefficient (Wildman–Crippen LogP) is 6.35. The highest BCUT2D eigenvalue weighted by Crippen LogP contribution is 2.09. The van der Waals surface area contributed by atoms with Gasteiger partial charge in [-0.25, -0.2) is 0 Å². The zero-order valence-corrected chi connectivity index (χ0v) is 24.8. The molecular formula is C30H59N3O4. The molecule has 0 aromatic rings. The van der Waals surface area contributed by atoms with Crippen molar-refractivity contribution >= 4 is 17.8 Å². The molecule has 0 atom stereocenters. The SMILES string of the molecule is CCCCCCN(CCCCCC)C(=O)CN(CC(=O)O)CC(=O)N(CCCCCC)CCCCCC. The van der Waals surface area contributed by atoms with Crippen LogP contribution in [0.1, 0.15) is 130 Å². The van der Waals surface area contributed by atoms with E-state index in [0.717, 1.165) is 103 Å². The first-order valence-corrected chi connectivity index (χ1v) is 15.4. The lowest BCUT2D eigenvalue weighted by molar-refractivity contribution is -0.141. The molecule has 0 aromatic heterocycles. The summed E-state index contributed by atoms with van der Waals surface area (Å²) in [6.45, 7) is 11.2. The van der Waals surface area contributed by atoms with Crippen molar-refractivity contribution in [2.75, 3.05) is 45.8 Å². The Labute approximate surface area is 228 Å². The van der Waals surface area contributed by atoms with Gasteiger partial charge in [-0.2, -0.15) is 0 Å². The summed E-state index contributed by atoms with van der Waals surface area (Å²) >= 11 is 0. The Morgan fingerprint density at radius 2 is 0.757 bits per heavy atom. The highest BCUT2D eigenvalue weighted by Gasteiger charge is 2.23. The van der Waals surface area contributed by atoms with Crippen LogP contribution in [-0.4, -0.2) is 83.4 Å². The Bertz CT molecular complexity index is 519. The van der Waals surface area contributed by atoms with E-state index in [1.54, 1.807) is 0 Å². The highest BCUT2D eigenvalue weighted by molar-refractivity contribution is 5.82. The number of rotatable bonds is 26. The van der Waals surface area contributed by atoms with Crippen LogP contribution in [0.2, 0.25) is 0 Å². The molecule has 0 aromatic carbocycles. The van der Waals surface area contributed by atoms with E-state index in [9.17, 15) is 19.5 Å². The fraction of sp³-hybridized carbons (Fsp3) is 0.900. The van der Waals surface area contributed by atoms with Gasteiger partial charge < -0.3 is 14.9 Å². The first-order chi connectivity index (χ1) is 17.9. The summed E-state index contributed by atoms with van der Waals surface area (Å²) in [5.74, 6) is -1.12. The molecule has 0 fully saturated rings. The zero-order valence-electron chi connectivity index (χ0n) is 24.8. The van der Waals surface area contributed by atoms with Gasteiger partial charge in [0.05, 0.1) is 19.6 Å². The minimum atomic E-state index is -1.00. The molecule has 1 N–H and O–H groups in total. The van der Waals surface area contributed by atoms with Gasteiger partial charge in [0, 0.05) is 26.2 Å². The van der Waals surface area contributed by atoms with Gasteiger partial charge in [0.15, 0.2) is 0 Å². The van der Waals surface area contributed by atoms with Crippen molar-refractivity contribution in [2.24, 2.45) is 0 Å². The topological polar surface area (TPSA) is 81.2 Å².